The standard InChI is InChI=1S/C19H17N3O5/c1-19(17(24)21-18(25)22-19)12-3-2-4-13(10-12)20-16(23)11-5-6-14-15(9-11)27-8-7-26-14/h2-6,9-10H,7-8H2,1H3,(H,20,23)(H2,21,22,24,25)/t19-/m0/s1. The summed E-state index contributed by atoms with van der Waals surface area (Å²) in [6, 6.07) is 11.2. The van der Waals surface area contributed by atoms with Crippen LogP contribution in [0.5, 0.6) is 11.5 Å². The smallest absolute Gasteiger partial charge is 0.322 e. The highest BCUT2D eigenvalue weighted by molar-refractivity contribution is 6.08. The van der Waals surface area contributed by atoms with Gasteiger partial charge in [0, 0.05) is 11.3 Å². The molecule has 0 bridgehead atoms. The van der Waals surface area contributed by atoms with Gasteiger partial charge in [-0.1, -0.05) is 12.1 Å². The molecule has 27 heavy (non-hydrogen) atoms. The van der Waals surface area contributed by atoms with E-state index >= 15 is 0 Å². The number of anilines is 1. The number of rotatable bonds is 3. The summed E-state index contributed by atoms with van der Waals surface area (Å²) >= 11 is 0. The van der Waals surface area contributed by atoms with Gasteiger partial charge in [-0.3, -0.25) is 14.9 Å². The van der Waals surface area contributed by atoms with E-state index in [2.05, 4.69) is 16.0 Å². The van der Waals surface area contributed by atoms with Gasteiger partial charge in [-0.2, -0.15) is 0 Å². The first kappa shape index (κ1) is 16.9. The van der Waals surface area contributed by atoms with Crippen LogP contribution in [0.3, 0.4) is 0 Å². The van der Waals surface area contributed by atoms with Gasteiger partial charge in [-0.15, -0.1) is 0 Å². The number of nitrogens with one attached hydrogen (secondary N) is 3. The molecule has 2 heterocycles. The normalized spacial score (nSPS) is 20.6. The van der Waals surface area contributed by atoms with Crippen LogP contribution >= 0.6 is 0 Å². The Kier molecular flexibility index (Phi) is 3.95. The Bertz CT molecular complexity index is 958. The Hall–Kier alpha value is -3.55. The number of carbonyl (C=O) groups excluding carboxylic acids is 3. The van der Waals surface area contributed by atoms with E-state index in [1.54, 1.807) is 49.4 Å². The molecule has 0 aliphatic carbocycles. The third kappa shape index (κ3) is 3.05. The fourth-order valence-electron chi connectivity index (χ4n) is 3.04. The number of urea groups is 1. The van der Waals surface area contributed by atoms with Crippen LogP contribution in [0, 0.1) is 0 Å². The van der Waals surface area contributed by atoms with Gasteiger partial charge >= 0.3 is 6.03 Å². The second-order valence-corrected chi connectivity index (χ2v) is 6.43. The van der Waals surface area contributed by atoms with Gasteiger partial charge in [-0.25, -0.2) is 4.79 Å². The van der Waals surface area contributed by atoms with Gasteiger partial charge < -0.3 is 20.1 Å². The molecule has 2 aromatic rings. The van der Waals surface area contributed by atoms with Gasteiger partial charge in [0.25, 0.3) is 11.8 Å². The van der Waals surface area contributed by atoms with Gasteiger partial charge in [0.2, 0.25) is 0 Å². The zero-order chi connectivity index (χ0) is 19.0. The third-order valence-electron chi connectivity index (χ3n) is 4.55. The number of imide groups is 1. The molecular weight excluding hydrogens is 350 g/mol. The van der Waals surface area contributed by atoms with E-state index < -0.39 is 17.5 Å². The summed E-state index contributed by atoms with van der Waals surface area (Å²) in [6.07, 6.45) is 0. The van der Waals surface area contributed by atoms with E-state index in [4.69, 9.17) is 9.47 Å². The lowest BCUT2D eigenvalue weighted by Gasteiger charge is -2.22. The summed E-state index contributed by atoms with van der Waals surface area (Å²) in [4.78, 5) is 36.1. The van der Waals surface area contributed by atoms with Gasteiger partial charge in [0.05, 0.1) is 0 Å². The second kappa shape index (κ2) is 6.31. The highest BCUT2D eigenvalue weighted by Gasteiger charge is 2.43. The van der Waals surface area contributed by atoms with Gasteiger partial charge in [0.1, 0.15) is 18.8 Å². The van der Waals surface area contributed by atoms with E-state index in [-0.39, 0.29) is 5.91 Å². The summed E-state index contributed by atoms with van der Waals surface area (Å²) in [5, 5.41) is 7.61. The van der Waals surface area contributed by atoms with Crippen molar-refractivity contribution in [3.8, 4) is 11.5 Å². The molecule has 0 unspecified atom stereocenters. The molecule has 8 nitrogen and oxygen atoms in total. The molecule has 4 rings (SSSR count). The SMILES string of the molecule is C[C@@]1(c2cccc(NC(=O)c3ccc4c(c3)OCCO4)c2)NC(=O)NC1=O. The lowest BCUT2D eigenvalue weighted by Crippen LogP contribution is -2.40. The molecule has 0 radical (unpaired) electrons. The fraction of sp³-hybridized carbons (Fsp3) is 0.211. The molecule has 2 aliphatic heterocycles. The van der Waals surface area contributed by atoms with Crippen LogP contribution in [0.1, 0.15) is 22.8 Å². The van der Waals surface area contributed by atoms with Crippen molar-refractivity contribution in [1.29, 1.82) is 0 Å². The van der Waals surface area contributed by atoms with Crippen LogP contribution in [0.15, 0.2) is 42.5 Å². The predicted molar refractivity (Wildman–Crippen MR) is 95.9 cm³/mol. The topological polar surface area (TPSA) is 106 Å². The molecule has 1 atom stereocenters. The van der Waals surface area contributed by atoms with E-state index in [0.29, 0.717) is 41.5 Å². The molecule has 2 aliphatic rings. The van der Waals surface area contributed by atoms with Crippen molar-refractivity contribution in [2.24, 2.45) is 0 Å². The Morgan fingerprint density at radius 2 is 1.85 bits per heavy atom. The largest absolute Gasteiger partial charge is 0.486 e. The highest BCUT2D eigenvalue weighted by atomic mass is 16.6. The summed E-state index contributed by atoms with van der Waals surface area (Å²) in [5.41, 5.74) is 0.297. The summed E-state index contributed by atoms with van der Waals surface area (Å²) in [7, 11) is 0. The number of amides is 4. The fourth-order valence-corrected chi connectivity index (χ4v) is 3.04. The molecule has 1 saturated heterocycles. The number of benzene rings is 2. The minimum Gasteiger partial charge on any atom is -0.486 e. The first-order valence-corrected chi connectivity index (χ1v) is 8.41. The lowest BCUT2D eigenvalue weighted by atomic mass is 9.92. The summed E-state index contributed by atoms with van der Waals surface area (Å²) in [5.74, 6) is 0.369. The summed E-state index contributed by atoms with van der Waals surface area (Å²) < 4.78 is 10.9. The average molecular weight is 367 g/mol. The van der Waals surface area contributed by atoms with Crippen molar-refractivity contribution in [2.45, 2.75) is 12.5 Å². The number of fused-ring (bicyclic) bond motifs is 1. The van der Waals surface area contributed by atoms with Crippen molar-refractivity contribution in [2.75, 3.05) is 18.5 Å². The average Bonchev–Trinajstić information content (AvgIpc) is 2.94. The van der Waals surface area contributed by atoms with Crippen LogP contribution in [-0.2, 0) is 10.3 Å². The molecule has 1 fully saturated rings. The summed E-state index contributed by atoms with van der Waals surface area (Å²) in [6.45, 7) is 2.52. The number of carbonyl (C=O) groups is 3. The van der Waals surface area contributed by atoms with E-state index in [9.17, 15) is 14.4 Å². The number of hydrogen-bond acceptors (Lipinski definition) is 5. The van der Waals surface area contributed by atoms with Crippen molar-refractivity contribution < 1.29 is 23.9 Å². The maximum atomic E-state index is 12.6. The molecule has 4 amide bonds. The van der Waals surface area contributed by atoms with Crippen LogP contribution in [0.25, 0.3) is 0 Å². The van der Waals surface area contributed by atoms with Crippen LogP contribution in [0.2, 0.25) is 0 Å². The minimum atomic E-state index is -1.19. The first-order chi connectivity index (χ1) is 13.0. The van der Waals surface area contributed by atoms with Crippen LogP contribution in [-0.4, -0.2) is 31.1 Å². The Morgan fingerprint density at radius 1 is 1.07 bits per heavy atom. The maximum Gasteiger partial charge on any atom is 0.322 e. The first-order valence-electron chi connectivity index (χ1n) is 8.41. The maximum absolute atomic E-state index is 12.6. The quantitative estimate of drug-likeness (QED) is 0.717. The predicted octanol–water partition coefficient (Wildman–Crippen LogP) is 1.76. The molecular formula is C19H17N3O5. The van der Waals surface area contributed by atoms with Crippen LogP contribution < -0.4 is 25.4 Å². The molecule has 8 heteroatoms. The van der Waals surface area contributed by atoms with E-state index in [0.717, 1.165) is 0 Å². The zero-order valence-corrected chi connectivity index (χ0v) is 14.5. The van der Waals surface area contributed by atoms with Crippen molar-refractivity contribution >= 4 is 23.5 Å². The van der Waals surface area contributed by atoms with E-state index in [1.807, 2.05) is 0 Å². The van der Waals surface area contributed by atoms with Crippen molar-refractivity contribution in [3.63, 3.8) is 0 Å². The molecule has 3 N–H and O–H groups in total. The molecule has 138 valence electrons. The number of hydrogen-bond donors (Lipinski definition) is 3. The van der Waals surface area contributed by atoms with Gasteiger partial charge in [0.15, 0.2) is 11.5 Å². The molecule has 0 spiro atoms. The minimum absolute atomic E-state index is 0.325. The Balaban J connectivity index is 1.56. The third-order valence-corrected chi connectivity index (χ3v) is 4.55. The van der Waals surface area contributed by atoms with Gasteiger partial charge in [-0.05, 0) is 42.8 Å². The van der Waals surface area contributed by atoms with E-state index in [1.165, 1.54) is 0 Å². The van der Waals surface area contributed by atoms with Crippen LogP contribution in [0.4, 0.5) is 10.5 Å². The molecule has 0 saturated carbocycles. The number of ether oxygens (including phenoxy) is 2. The highest BCUT2D eigenvalue weighted by Crippen LogP contribution is 2.31. The lowest BCUT2D eigenvalue weighted by molar-refractivity contribution is -0.123. The monoisotopic (exact) mass is 367 g/mol. The molecule has 0 aromatic heterocycles. The molecule has 2 aromatic carbocycles. The Morgan fingerprint density at radius 3 is 2.59 bits per heavy atom. The van der Waals surface area contributed by atoms with Crippen molar-refractivity contribution in [1.82, 2.24) is 10.6 Å². The zero-order valence-electron chi connectivity index (χ0n) is 14.5. The second-order valence-electron chi connectivity index (χ2n) is 6.43. The van der Waals surface area contributed by atoms with Crippen molar-refractivity contribution in [3.05, 3.63) is 53.6 Å². The Labute approximate surface area is 154 Å².